The fraction of sp³-hybridized carbons (Fsp3) is 0.250. The van der Waals surface area contributed by atoms with E-state index in [-0.39, 0.29) is 12.3 Å². The Bertz CT molecular complexity index is 991. The molecule has 0 aromatic heterocycles. The third-order valence-electron chi connectivity index (χ3n) is 4.38. The van der Waals surface area contributed by atoms with Crippen LogP contribution in [0.1, 0.15) is 23.6 Å². The van der Waals surface area contributed by atoms with Gasteiger partial charge in [-0.2, -0.15) is 22.9 Å². The molecule has 10 heteroatoms. The third-order valence-corrected chi connectivity index (χ3v) is 4.38. The number of alkyl halides is 3. The molecule has 0 N–H and O–H groups in total. The number of hydrogen-bond acceptors (Lipinski definition) is 4. The van der Waals surface area contributed by atoms with Crippen LogP contribution in [-0.2, 0) is 22.4 Å². The van der Waals surface area contributed by atoms with Gasteiger partial charge in [-0.05, 0) is 30.7 Å². The number of benzene rings is 2. The lowest BCUT2D eigenvalue weighted by molar-refractivity contribution is -0.355. The molecule has 1 heterocycles. The van der Waals surface area contributed by atoms with E-state index >= 15 is 0 Å². The maximum absolute atomic E-state index is 12.9. The van der Waals surface area contributed by atoms with Gasteiger partial charge < -0.3 is 15.0 Å². The molecule has 2 amide bonds. The van der Waals surface area contributed by atoms with Crippen LogP contribution in [0.15, 0.2) is 53.7 Å². The van der Waals surface area contributed by atoms with E-state index in [0.29, 0.717) is 16.8 Å². The Kier molecular flexibility index (Phi) is 6.06. The number of ether oxygens (including phenoxy) is 1. The fourth-order valence-corrected chi connectivity index (χ4v) is 2.85. The highest BCUT2D eigenvalue weighted by Gasteiger charge is 2.37. The number of urea groups is 1. The van der Waals surface area contributed by atoms with Crippen molar-refractivity contribution in [2.45, 2.75) is 26.1 Å². The molecule has 3 rings (SSSR count). The van der Waals surface area contributed by atoms with E-state index in [2.05, 4.69) is 17.3 Å². The lowest BCUT2D eigenvalue weighted by atomic mass is 10.1. The summed E-state index contributed by atoms with van der Waals surface area (Å²) in [7, 11) is 1.41. The number of amides is 2. The van der Waals surface area contributed by atoms with E-state index in [1.165, 1.54) is 24.1 Å². The van der Waals surface area contributed by atoms with Crippen LogP contribution in [0.3, 0.4) is 0 Å². The normalized spacial score (nSPS) is 17.3. The van der Waals surface area contributed by atoms with Gasteiger partial charge in [0.2, 0.25) is 0 Å². The van der Waals surface area contributed by atoms with Crippen LogP contribution in [0.25, 0.3) is 5.43 Å². The second kappa shape index (κ2) is 8.54. The van der Waals surface area contributed by atoms with Crippen LogP contribution >= 0.6 is 0 Å². The van der Waals surface area contributed by atoms with Gasteiger partial charge in [0.05, 0.1) is 11.3 Å². The fourth-order valence-electron chi connectivity index (χ4n) is 2.85. The number of anilines is 1. The van der Waals surface area contributed by atoms with Crippen molar-refractivity contribution in [3.8, 4) is 0 Å². The number of hydrogen-bond donors (Lipinski definition) is 0. The van der Waals surface area contributed by atoms with E-state index in [0.717, 1.165) is 16.8 Å². The Balaban J connectivity index is 1.77. The van der Waals surface area contributed by atoms with Crippen molar-refractivity contribution < 1.29 is 32.2 Å². The Hall–Kier alpha value is -3.40. The monoisotopic (exact) mass is 420 g/mol. The minimum Gasteiger partial charge on any atom is -0.455 e. The van der Waals surface area contributed by atoms with Gasteiger partial charge in [-0.1, -0.05) is 35.5 Å². The number of methoxy groups -OCH3 is 1. The number of para-hydroxylation sites is 1. The molecule has 1 fully saturated rings. The maximum atomic E-state index is 12.9. The molecule has 0 bridgehead atoms. The van der Waals surface area contributed by atoms with E-state index in [1.54, 1.807) is 31.2 Å². The molecule has 1 saturated heterocycles. The van der Waals surface area contributed by atoms with E-state index in [4.69, 9.17) is 9.57 Å². The summed E-state index contributed by atoms with van der Waals surface area (Å²) < 4.78 is 44.8. The topological polar surface area (TPSA) is 68.2 Å². The van der Waals surface area contributed by atoms with Gasteiger partial charge >= 0.3 is 12.2 Å². The summed E-state index contributed by atoms with van der Waals surface area (Å²) in [5.41, 5.74) is 4.89. The second-order valence-electron chi connectivity index (χ2n) is 6.39. The predicted octanol–water partition coefficient (Wildman–Crippen LogP) is 4.52. The van der Waals surface area contributed by atoms with Crippen LogP contribution in [0.4, 0.5) is 23.7 Å². The van der Waals surface area contributed by atoms with E-state index in [1.807, 2.05) is 0 Å². The quantitative estimate of drug-likeness (QED) is 0.392. The van der Waals surface area contributed by atoms with E-state index in [9.17, 15) is 18.0 Å². The molecule has 7 nitrogen and oxygen atoms in total. The second-order valence-corrected chi connectivity index (χ2v) is 6.39. The van der Waals surface area contributed by atoms with Crippen LogP contribution in [0, 0.1) is 0 Å². The van der Waals surface area contributed by atoms with Gasteiger partial charge in [0.25, 0.3) is 0 Å². The summed E-state index contributed by atoms with van der Waals surface area (Å²) in [4.78, 5) is 19.0. The number of carbonyl (C=O) groups is 1. The number of oxime groups is 1. The highest BCUT2D eigenvalue weighted by Crippen LogP contribution is 2.31. The zero-order valence-corrected chi connectivity index (χ0v) is 16.3. The van der Waals surface area contributed by atoms with Crippen molar-refractivity contribution in [3.05, 3.63) is 70.6 Å². The van der Waals surface area contributed by atoms with E-state index < -0.39 is 24.1 Å². The smallest absolute Gasteiger partial charge is 0.455 e. The van der Waals surface area contributed by atoms with Crippen LogP contribution in [0.5, 0.6) is 0 Å². The Morgan fingerprint density at radius 3 is 2.70 bits per heavy atom. The van der Waals surface area contributed by atoms with Crippen LogP contribution < -0.4 is 4.90 Å². The Morgan fingerprint density at radius 1 is 1.27 bits per heavy atom. The standard InChI is InChI=1S/C20H19F3N4O3/c1-13(14-8-6-9-16(11-14)20(21,22)23)25-30-12-15-7-4-5-10-17(15)27-18(29-3)24-26(2)19(27)28/h4-11,18H,2,12H2,1,3H3/b25-13+. The first-order chi connectivity index (χ1) is 14.2. The van der Waals surface area contributed by atoms with Crippen molar-refractivity contribution in [3.63, 3.8) is 0 Å². The molecule has 1 aliphatic heterocycles. The molecule has 0 saturated carbocycles. The number of nitrogens with zero attached hydrogens (tertiary/aromatic N) is 4. The van der Waals surface area contributed by atoms with Crippen molar-refractivity contribution in [1.82, 2.24) is 0 Å². The Morgan fingerprint density at radius 2 is 2.00 bits per heavy atom. The molecule has 0 aliphatic carbocycles. The first kappa shape index (κ1) is 21.3. The number of rotatable bonds is 6. The predicted molar refractivity (Wildman–Crippen MR) is 104 cm³/mol. The molecule has 158 valence electrons. The summed E-state index contributed by atoms with van der Waals surface area (Å²) in [6.07, 6.45) is -5.31. The van der Waals surface area contributed by atoms with Crippen LogP contribution in [-0.4, -0.2) is 36.6 Å². The van der Waals surface area contributed by atoms with Gasteiger partial charge in [0, 0.05) is 19.4 Å². The highest BCUT2D eigenvalue weighted by atomic mass is 19.4. The highest BCUT2D eigenvalue weighted by molar-refractivity contribution is 5.98. The lowest BCUT2D eigenvalue weighted by Crippen LogP contribution is -2.34. The third kappa shape index (κ3) is 4.43. The zero-order valence-electron chi connectivity index (χ0n) is 16.3. The minimum atomic E-state index is -4.44. The average molecular weight is 420 g/mol. The molecule has 0 spiro atoms. The molecule has 1 atom stereocenters. The molecule has 2 aromatic rings. The van der Waals surface area contributed by atoms with Crippen molar-refractivity contribution in [2.24, 2.45) is 5.16 Å². The van der Waals surface area contributed by atoms with Crippen molar-refractivity contribution >= 4 is 24.1 Å². The van der Waals surface area contributed by atoms with Gasteiger partial charge in [0.1, 0.15) is 12.3 Å². The summed E-state index contributed by atoms with van der Waals surface area (Å²) in [6.45, 7) is 5.05. The molecular formula is C20H19F3N4O3. The summed E-state index contributed by atoms with van der Waals surface area (Å²) >= 11 is 0. The summed E-state index contributed by atoms with van der Waals surface area (Å²) in [6, 6.07) is 11.3. The molecule has 1 aliphatic rings. The molecule has 2 aromatic carbocycles. The molecule has 0 radical (unpaired) electrons. The number of carbonyl (C=O) groups excluding carboxylic acids is 1. The van der Waals surface area contributed by atoms with Gasteiger partial charge in [0.15, 0.2) is 6.35 Å². The molecule has 1 unspecified atom stereocenters. The zero-order chi connectivity index (χ0) is 21.9. The van der Waals surface area contributed by atoms with Gasteiger partial charge in [-0.25, -0.2) is 0 Å². The first-order valence-corrected chi connectivity index (χ1v) is 8.82. The maximum Gasteiger partial charge on any atom is 0.489 e. The largest absolute Gasteiger partial charge is 0.489 e. The Labute approximate surface area is 171 Å². The van der Waals surface area contributed by atoms with Crippen molar-refractivity contribution in [1.29, 1.82) is 0 Å². The average Bonchev–Trinajstić information content (AvgIpc) is 3.01. The molecular weight excluding hydrogens is 401 g/mol. The van der Waals surface area contributed by atoms with Gasteiger partial charge in [-0.15, -0.1) is 0 Å². The SMILES string of the molecule is C=[N+]1[N-]C(OC)N(c2ccccc2CO/N=C(\C)c2cccc(C(F)(F)F)c2)C1=O. The molecule has 30 heavy (non-hydrogen) atoms. The van der Waals surface area contributed by atoms with Crippen molar-refractivity contribution in [2.75, 3.05) is 12.0 Å². The first-order valence-electron chi connectivity index (χ1n) is 8.82. The summed E-state index contributed by atoms with van der Waals surface area (Å²) in [5.74, 6) is 0. The minimum absolute atomic E-state index is 0.0240. The number of halogens is 3. The van der Waals surface area contributed by atoms with Crippen LogP contribution in [0.2, 0.25) is 0 Å². The lowest BCUT2D eigenvalue weighted by Gasteiger charge is -2.21. The summed E-state index contributed by atoms with van der Waals surface area (Å²) in [5, 5.41) is 3.92. The van der Waals surface area contributed by atoms with Gasteiger partial charge in [-0.3, -0.25) is 4.68 Å².